The van der Waals surface area contributed by atoms with Crippen LogP contribution in [-0.4, -0.2) is 36.9 Å². The number of amides is 2. The Bertz CT molecular complexity index is 1260. The molecule has 0 aliphatic carbocycles. The number of anilines is 3. The molecule has 1 saturated heterocycles. The van der Waals surface area contributed by atoms with Gasteiger partial charge in [-0.1, -0.05) is 35.9 Å². The Morgan fingerprint density at radius 3 is 2.51 bits per heavy atom. The predicted molar refractivity (Wildman–Crippen MR) is 139 cm³/mol. The van der Waals surface area contributed by atoms with Crippen molar-refractivity contribution in [3.63, 3.8) is 0 Å². The number of rotatable bonds is 6. The maximum Gasteiger partial charge on any atom is 0.248 e. The summed E-state index contributed by atoms with van der Waals surface area (Å²) in [5.41, 5.74) is 8.45. The number of benzene rings is 3. The van der Waals surface area contributed by atoms with E-state index in [1.165, 1.54) is 18.2 Å². The summed E-state index contributed by atoms with van der Waals surface area (Å²) in [6.07, 6.45) is 2.68. The van der Waals surface area contributed by atoms with Crippen molar-refractivity contribution in [3.8, 4) is 0 Å². The fourth-order valence-corrected chi connectivity index (χ4v) is 4.36. The molecule has 2 amide bonds. The van der Waals surface area contributed by atoms with E-state index in [0.717, 1.165) is 5.56 Å². The van der Waals surface area contributed by atoms with E-state index >= 15 is 0 Å². The van der Waals surface area contributed by atoms with Gasteiger partial charge in [-0.3, -0.25) is 9.59 Å². The average Bonchev–Trinajstić information content (AvgIpc) is 3.23. The Hall–Kier alpha value is -3.68. The number of halogens is 2. The van der Waals surface area contributed by atoms with Crippen LogP contribution in [0.1, 0.15) is 17.0 Å². The van der Waals surface area contributed by atoms with Gasteiger partial charge in [0.1, 0.15) is 5.82 Å². The quantitative estimate of drug-likeness (QED) is 0.334. The largest absolute Gasteiger partial charge is 0.397 e. The molecule has 0 aromatic heterocycles. The van der Waals surface area contributed by atoms with Crippen LogP contribution >= 0.6 is 11.6 Å². The van der Waals surface area contributed by atoms with Crippen molar-refractivity contribution in [3.05, 3.63) is 94.8 Å². The van der Waals surface area contributed by atoms with Crippen molar-refractivity contribution in [2.75, 3.05) is 36.5 Å². The van der Waals surface area contributed by atoms with Crippen LogP contribution in [0.4, 0.5) is 21.5 Å². The van der Waals surface area contributed by atoms with Crippen LogP contribution in [0.25, 0.3) is 6.08 Å². The molecule has 2 unspecified atom stereocenters. The lowest BCUT2D eigenvalue weighted by atomic mass is 9.87. The lowest BCUT2D eigenvalue weighted by molar-refractivity contribution is -0.119. The van der Waals surface area contributed by atoms with Crippen molar-refractivity contribution >= 4 is 46.6 Å². The molecule has 4 N–H and O–H groups in total. The molecule has 35 heavy (non-hydrogen) atoms. The first-order valence-corrected chi connectivity index (χ1v) is 11.6. The number of nitrogens with one attached hydrogen (secondary N) is 2. The zero-order valence-corrected chi connectivity index (χ0v) is 19.9. The van der Waals surface area contributed by atoms with Gasteiger partial charge in [0.25, 0.3) is 0 Å². The Kier molecular flexibility index (Phi) is 7.48. The highest BCUT2D eigenvalue weighted by Gasteiger charge is 2.37. The number of nitrogens with two attached hydrogens (primary N) is 1. The van der Waals surface area contributed by atoms with Crippen LogP contribution in [-0.2, 0) is 9.59 Å². The van der Waals surface area contributed by atoms with E-state index in [2.05, 4.69) is 15.5 Å². The van der Waals surface area contributed by atoms with Crippen molar-refractivity contribution in [2.24, 2.45) is 5.92 Å². The number of likely N-dealkylation sites (tertiary alicyclic amines) is 1. The minimum absolute atomic E-state index is 0.122. The fourth-order valence-electron chi connectivity index (χ4n) is 4.23. The van der Waals surface area contributed by atoms with Gasteiger partial charge in [-0.2, -0.15) is 0 Å². The van der Waals surface area contributed by atoms with Gasteiger partial charge in [0.15, 0.2) is 0 Å². The van der Waals surface area contributed by atoms with E-state index in [1.807, 2.05) is 13.1 Å². The van der Waals surface area contributed by atoms with Gasteiger partial charge in [0.2, 0.25) is 11.8 Å². The fraction of sp³-hybridized carbons (Fsp3) is 0.185. The van der Waals surface area contributed by atoms with E-state index in [1.54, 1.807) is 54.6 Å². The summed E-state index contributed by atoms with van der Waals surface area (Å²) in [5.74, 6) is -1.49. The number of likely N-dealkylation sites (N-methyl/N-ethyl adjacent to an activating group) is 1. The van der Waals surface area contributed by atoms with Gasteiger partial charge >= 0.3 is 0 Å². The summed E-state index contributed by atoms with van der Waals surface area (Å²) in [6.45, 7) is 1.20. The zero-order valence-electron chi connectivity index (χ0n) is 19.2. The van der Waals surface area contributed by atoms with E-state index < -0.39 is 11.7 Å². The summed E-state index contributed by atoms with van der Waals surface area (Å²) in [7, 11) is 1.94. The molecule has 0 radical (unpaired) electrons. The standard InChI is InChI=1S/C27H26ClFN4O2/c1-33-15-21(22(16-33)27(35)31-20-11-9-19(28)10-12-20)18-7-6-17(23(29)14-18)8-13-26(34)32-25-5-3-2-4-24(25)30/h2-14,21-22H,15-16,30H2,1H3,(H,31,35)(H,32,34)/b13-8+. The molecule has 6 nitrogen and oxygen atoms in total. The molecule has 1 aliphatic rings. The highest BCUT2D eigenvalue weighted by molar-refractivity contribution is 6.30. The molecule has 3 aromatic carbocycles. The van der Waals surface area contributed by atoms with Gasteiger partial charge in [0, 0.05) is 41.4 Å². The molecule has 1 aliphatic heterocycles. The Morgan fingerprint density at radius 1 is 1.06 bits per heavy atom. The van der Waals surface area contributed by atoms with Crippen LogP contribution in [0, 0.1) is 11.7 Å². The van der Waals surface area contributed by atoms with Gasteiger partial charge < -0.3 is 21.3 Å². The lowest BCUT2D eigenvalue weighted by Crippen LogP contribution is -2.28. The summed E-state index contributed by atoms with van der Waals surface area (Å²) in [4.78, 5) is 27.3. The summed E-state index contributed by atoms with van der Waals surface area (Å²) < 4.78 is 14.9. The predicted octanol–water partition coefficient (Wildman–Crippen LogP) is 5.00. The van der Waals surface area contributed by atoms with Gasteiger partial charge in [-0.05, 0) is 61.2 Å². The molecule has 2 atom stereocenters. The number of hydrogen-bond acceptors (Lipinski definition) is 4. The average molecular weight is 493 g/mol. The summed E-state index contributed by atoms with van der Waals surface area (Å²) >= 11 is 5.92. The number of carbonyl (C=O) groups is 2. The van der Waals surface area contributed by atoms with Crippen molar-refractivity contribution in [1.29, 1.82) is 0 Å². The maximum atomic E-state index is 14.9. The second kappa shape index (κ2) is 10.7. The third kappa shape index (κ3) is 6.07. The minimum Gasteiger partial charge on any atom is -0.397 e. The second-order valence-corrected chi connectivity index (χ2v) is 9.06. The second-order valence-electron chi connectivity index (χ2n) is 8.62. The summed E-state index contributed by atoms with van der Waals surface area (Å²) in [5, 5.41) is 6.19. The normalized spacial score (nSPS) is 18.0. The van der Waals surface area contributed by atoms with Crippen LogP contribution < -0.4 is 16.4 Å². The molecule has 1 heterocycles. The number of para-hydroxylation sites is 2. The molecule has 180 valence electrons. The monoisotopic (exact) mass is 492 g/mol. The van der Waals surface area contributed by atoms with E-state index in [4.69, 9.17) is 17.3 Å². The van der Waals surface area contributed by atoms with Gasteiger partial charge in [-0.15, -0.1) is 0 Å². The zero-order chi connectivity index (χ0) is 24.9. The van der Waals surface area contributed by atoms with E-state index in [9.17, 15) is 14.0 Å². The molecular weight excluding hydrogens is 467 g/mol. The number of carbonyl (C=O) groups excluding carboxylic acids is 2. The van der Waals surface area contributed by atoms with Crippen molar-refractivity contribution in [2.45, 2.75) is 5.92 Å². The van der Waals surface area contributed by atoms with Crippen LogP contribution in [0.3, 0.4) is 0 Å². The Labute approximate surface area is 208 Å². The molecule has 8 heteroatoms. The third-order valence-electron chi connectivity index (χ3n) is 6.04. The molecule has 3 aromatic rings. The molecule has 0 bridgehead atoms. The smallest absolute Gasteiger partial charge is 0.248 e. The van der Waals surface area contributed by atoms with Crippen molar-refractivity contribution < 1.29 is 14.0 Å². The highest BCUT2D eigenvalue weighted by atomic mass is 35.5. The molecular formula is C27H26ClFN4O2. The van der Waals surface area contributed by atoms with E-state index in [0.29, 0.717) is 35.2 Å². The highest BCUT2D eigenvalue weighted by Crippen LogP contribution is 2.34. The topological polar surface area (TPSA) is 87.5 Å². The first-order valence-electron chi connectivity index (χ1n) is 11.2. The van der Waals surface area contributed by atoms with Crippen LogP contribution in [0.5, 0.6) is 0 Å². The first-order chi connectivity index (χ1) is 16.8. The Morgan fingerprint density at radius 2 is 1.80 bits per heavy atom. The maximum absolute atomic E-state index is 14.9. The van der Waals surface area contributed by atoms with Crippen LogP contribution in [0.2, 0.25) is 5.02 Å². The molecule has 1 fully saturated rings. The Balaban J connectivity index is 1.45. The minimum atomic E-state index is -0.461. The molecule has 0 spiro atoms. The third-order valence-corrected chi connectivity index (χ3v) is 6.29. The first kappa shape index (κ1) is 24.4. The summed E-state index contributed by atoms with van der Waals surface area (Å²) in [6, 6.07) is 18.7. The van der Waals surface area contributed by atoms with Gasteiger partial charge in [0.05, 0.1) is 17.3 Å². The van der Waals surface area contributed by atoms with Gasteiger partial charge in [-0.25, -0.2) is 4.39 Å². The van der Waals surface area contributed by atoms with Crippen LogP contribution in [0.15, 0.2) is 72.8 Å². The number of nitrogens with zero attached hydrogens (tertiary/aromatic N) is 1. The molecule has 4 rings (SSSR count). The SMILES string of the molecule is CN1CC(C(=O)Nc2ccc(Cl)cc2)C(c2ccc(/C=C/C(=O)Nc3ccccc3N)c(F)c2)C1. The lowest BCUT2D eigenvalue weighted by Gasteiger charge is -2.19. The van der Waals surface area contributed by atoms with Crippen molar-refractivity contribution in [1.82, 2.24) is 4.90 Å². The molecule has 0 saturated carbocycles. The van der Waals surface area contributed by atoms with E-state index in [-0.39, 0.29) is 23.3 Å². The number of hydrogen-bond donors (Lipinski definition) is 3. The number of nitrogen functional groups attached to an aromatic ring is 1.